The van der Waals surface area contributed by atoms with Gasteiger partial charge in [0.1, 0.15) is 5.75 Å². The topological polar surface area (TPSA) is 59.4 Å². The normalized spacial score (nSPS) is 19.0. The fourth-order valence-corrected chi connectivity index (χ4v) is 4.91. The summed E-state index contributed by atoms with van der Waals surface area (Å²) in [6.45, 7) is 5.55. The van der Waals surface area contributed by atoms with Crippen LogP contribution in [0.3, 0.4) is 0 Å². The number of carbonyl (C=O) groups is 1. The third-order valence-electron chi connectivity index (χ3n) is 6.51. The predicted molar refractivity (Wildman–Crippen MR) is 126 cm³/mol. The molecule has 1 fully saturated rings. The molecular formula is C26H32N4O2. The Morgan fingerprint density at radius 1 is 1.12 bits per heavy atom. The molecule has 0 saturated carbocycles. The number of aromatic nitrogens is 2. The van der Waals surface area contributed by atoms with Gasteiger partial charge < -0.3 is 10.1 Å². The average Bonchev–Trinajstić information content (AvgIpc) is 3.12. The van der Waals surface area contributed by atoms with Crippen LogP contribution in [-0.2, 0) is 0 Å². The highest BCUT2D eigenvalue weighted by molar-refractivity contribution is 5.96. The van der Waals surface area contributed by atoms with Crippen molar-refractivity contribution in [2.75, 3.05) is 27.2 Å². The van der Waals surface area contributed by atoms with E-state index in [1.165, 1.54) is 5.56 Å². The number of likely N-dealkylation sites (tertiary alicyclic amines) is 1. The van der Waals surface area contributed by atoms with Crippen LogP contribution in [0.2, 0.25) is 0 Å². The Kier molecular flexibility index (Phi) is 6.61. The molecule has 1 aliphatic rings. The van der Waals surface area contributed by atoms with Gasteiger partial charge in [-0.25, -0.2) is 4.68 Å². The minimum Gasteiger partial charge on any atom is -0.497 e. The maximum atomic E-state index is 13.2. The van der Waals surface area contributed by atoms with Crippen molar-refractivity contribution >= 4 is 5.91 Å². The molecular weight excluding hydrogens is 400 g/mol. The molecule has 2 unspecified atom stereocenters. The van der Waals surface area contributed by atoms with Crippen molar-refractivity contribution in [3.8, 4) is 11.4 Å². The van der Waals surface area contributed by atoms with Gasteiger partial charge in [-0.15, -0.1) is 0 Å². The number of aryl methyl sites for hydroxylation is 1. The molecule has 0 spiro atoms. The molecule has 4 rings (SSSR count). The van der Waals surface area contributed by atoms with E-state index in [4.69, 9.17) is 4.74 Å². The van der Waals surface area contributed by atoms with E-state index in [1.807, 2.05) is 61.0 Å². The number of nitrogens with one attached hydrogen (secondary N) is 1. The highest BCUT2D eigenvalue weighted by atomic mass is 16.5. The van der Waals surface area contributed by atoms with Gasteiger partial charge in [0.2, 0.25) is 0 Å². The molecule has 168 valence electrons. The number of benzene rings is 2. The Hall–Kier alpha value is -3.12. The number of methoxy groups -OCH3 is 1. The quantitative estimate of drug-likeness (QED) is 0.631. The van der Waals surface area contributed by atoms with Gasteiger partial charge in [0, 0.05) is 12.6 Å². The van der Waals surface area contributed by atoms with Crippen LogP contribution in [0.5, 0.6) is 5.75 Å². The van der Waals surface area contributed by atoms with E-state index in [9.17, 15) is 4.79 Å². The van der Waals surface area contributed by atoms with E-state index in [1.54, 1.807) is 7.11 Å². The van der Waals surface area contributed by atoms with Crippen molar-refractivity contribution in [3.63, 3.8) is 0 Å². The molecule has 6 nitrogen and oxygen atoms in total. The van der Waals surface area contributed by atoms with Crippen molar-refractivity contribution in [2.45, 2.75) is 32.7 Å². The zero-order valence-corrected chi connectivity index (χ0v) is 19.3. The van der Waals surface area contributed by atoms with Crippen LogP contribution >= 0.6 is 0 Å². The number of nitrogens with zero attached hydrogens (tertiary/aromatic N) is 3. The molecule has 0 bridgehead atoms. The molecule has 1 amide bonds. The highest BCUT2D eigenvalue weighted by Gasteiger charge is 2.31. The maximum absolute atomic E-state index is 13.2. The first kappa shape index (κ1) is 22.1. The Morgan fingerprint density at radius 2 is 1.84 bits per heavy atom. The van der Waals surface area contributed by atoms with Crippen LogP contribution in [0, 0.1) is 19.8 Å². The first-order valence-electron chi connectivity index (χ1n) is 11.2. The Bertz CT molecular complexity index is 1060. The number of amides is 1. The molecule has 32 heavy (non-hydrogen) atoms. The molecule has 2 aromatic carbocycles. The second-order valence-corrected chi connectivity index (χ2v) is 8.60. The van der Waals surface area contributed by atoms with Crippen LogP contribution in [0.1, 0.15) is 46.2 Å². The SMILES string of the molecule is COc1ccc(C2C(CNC(=O)c3c(C)nn(-c4ccccc4)c3C)CCCN2C)cc1. The smallest absolute Gasteiger partial charge is 0.255 e. The van der Waals surface area contributed by atoms with Crippen molar-refractivity contribution < 1.29 is 9.53 Å². The highest BCUT2D eigenvalue weighted by Crippen LogP contribution is 2.35. The summed E-state index contributed by atoms with van der Waals surface area (Å²) < 4.78 is 7.16. The summed E-state index contributed by atoms with van der Waals surface area (Å²) in [5.74, 6) is 1.15. The van der Waals surface area contributed by atoms with Crippen molar-refractivity contribution in [1.82, 2.24) is 20.0 Å². The average molecular weight is 433 g/mol. The van der Waals surface area contributed by atoms with Gasteiger partial charge in [-0.1, -0.05) is 30.3 Å². The lowest BCUT2D eigenvalue weighted by Crippen LogP contribution is -2.41. The summed E-state index contributed by atoms with van der Waals surface area (Å²) in [7, 11) is 3.85. The minimum atomic E-state index is -0.0520. The second kappa shape index (κ2) is 9.57. The standard InChI is InChI=1S/C26H32N4O2/c1-18-24(19(2)30(28-18)22-10-6-5-7-11-22)26(31)27-17-21-9-8-16-29(3)25(21)20-12-14-23(32-4)15-13-20/h5-7,10-15,21,25H,8-9,16-17H2,1-4H3,(H,27,31). The molecule has 0 radical (unpaired) electrons. The number of piperidine rings is 1. The number of hydrogen-bond donors (Lipinski definition) is 1. The third-order valence-corrected chi connectivity index (χ3v) is 6.51. The molecule has 1 N–H and O–H groups in total. The van der Waals surface area contributed by atoms with Crippen LogP contribution in [0.25, 0.3) is 5.69 Å². The molecule has 2 heterocycles. The van der Waals surface area contributed by atoms with Gasteiger partial charge in [-0.3, -0.25) is 9.69 Å². The van der Waals surface area contributed by atoms with Gasteiger partial charge in [-0.05, 0) is 76.0 Å². The van der Waals surface area contributed by atoms with E-state index in [2.05, 4.69) is 34.5 Å². The van der Waals surface area contributed by atoms with E-state index < -0.39 is 0 Å². The van der Waals surface area contributed by atoms with Crippen LogP contribution in [-0.4, -0.2) is 47.8 Å². The number of hydrogen-bond acceptors (Lipinski definition) is 4. The Balaban J connectivity index is 1.50. The van der Waals surface area contributed by atoms with Crippen LogP contribution in [0.4, 0.5) is 0 Å². The molecule has 6 heteroatoms. The van der Waals surface area contributed by atoms with Gasteiger partial charge in [0.25, 0.3) is 5.91 Å². The fourth-order valence-electron chi connectivity index (χ4n) is 4.91. The minimum absolute atomic E-state index is 0.0520. The molecule has 0 aliphatic carbocycles. The first-order chi connectivity index (χ1) is 15.5. The zero-order valence-electron chi connectivity index (χ0n) is 19.3. The summed E-state index contributed by atoms with van der Waals surface area (Å²) in [6.07, 6.45) is 2.22. The molecule has 1 aromatic heterocycles. The van der Waals surface area contributed by atoms with E-state index in [0.717, 1.165) is 42.2 Å². The number of carbonyl (C=O) groups excluding carboxylic acids is 1. The maximum Gasteiger partial charge on any atom is 0.255 e. The Labute approximate surface area is 190 Å². The van der Waals surface area contributed by atoms with Gasteiger partial charge in [-0.2, -0.15) is 5.10 Å². The zero-order chi connectivity index (χ0) is 22.7. The largest absolute Gasteiger partial charge is 0.497 e. The third kappa shape index (κ3) is 4.41. The lowest BCUT2D eigenvalue weighted by Gasteiger charge is -2.39. The summed E-state index contributed by atoms with van der Waals surface area (Å²) in [4.78, 5) is 15.6. The van der Waals surface area contributed by atoms with Gasteiger partial charge >= 0.3 is 0 Å². The van der Waals surface area contributed by atoms with Crippen LogP contribution < -0.4 is 10.1 Å². The van der Waals surface area contributed by atoms with Crippen molar-refractivity contribution in [2.24, 2.45) is 5.92 Å². The van der Waals surface area contributed by atoms with E-state index in [-0.39, 0.29) is 11.9 Å². The monoisotopic (exact) mass is 432 g/mol. The summed E-state index contributed by atoms with van der Waals surface area (Å²) in [5.41, 5.74) is 4.49. The first-order valence-corrected chi connectivity index (χ1v) is 11.2. The molecule has 3 aromatic rings. The summed E-state index contributed by atoms with van der Waals surface area (Å²) in [6, 6.07) is 18.5. The molecule has 1 aliphatic heterocycles. The summed E-state index contributed by atoms with van der Waals surface area (Å²) in [5, 5.41) is 7.84. The van der Waals surface area contributed by atoms with Crippen molar-refractivity contribution in [1.29, 1.82) is 0 Å². The summed E-state index contributed by atoms with van der Waals surface area (Å²) >= 11 is 0. The number of para-hydroxylation sites is 1. The molecule has 1 saturated heterocycles. The number of ether oxygens (including phenoxy) is 1. The lowest BCUT2D eigenvalue weighted by atomic mass is 9.85. The van der Waals surface area contributed by atoms with Gasteiger partial charge in [0.15, 0.2) is 0 Å². The van der Waals surface area contributed by atoms with Gasteiger partial charge in [0.05, 0.1) is 29.7 Å². The predicted octanol–water partition coefficient (Wildman–Crippen LogP) is 4.31. The van der Waals surface area contributed by atoms with Crippen LogP contribution in [0.15, 0.2) is 54.6 Å². The van der Waals surface area contributed by atoms with Crippen molar-refractivity contribution in [3.05, 3.63) is 77.1 Å². The fraction of sp³-hybridized carbons (Fsp3) is 0.385. The lowest BCUT2D eigenvalue weighted by molar-refractivity contribution is 0.0890. The second-order valence-electron chi connectivity index (χ2n) is 8.60. The van der Waals surface area contributed by atoms with E-state index in [0.29, 0.717) is 18.0 Å². The van der Waals surface area contributed by atoms with E-state index >= 15 is 0 Å². The Morgan fingerprint density at radius 3 is 2.53 bits per heavy atom. The molecule has 2 atom stereocenters. The number of rotatable bonds is 6.